The van der Waals surface area contributed by atoms with Crippen LogP contribution in [0.2, 0.25) is 15.1 Å². The Hall–Kier alpha value is -7.11. The first-order valence-corrected chi connectivity index (χ1v) is 62.6. The van der Waals surface area contributed by atoms with Gasteiger partial charge in [0.1, 0.15) is 17.2 Å². The Labute approximate surface area is 903 Å². The summed E-state index contributed by atoms with van der Waals surface area (Å²) in [6, 6.07) is 36.0. The third-order valence-corrected chi connectivity index (χ3v) is 45.9. The number of anilines is 3. The number of carbonyl (C=O) groups excluding carboxylic acids is 3. The molecule has 18 atom stereocenters. The maximum atomic E-state index is 13.6. The van der Waals surface area contributed by atoms with Crippen molar-refractivity contribution in [3.8, 4) is 17.2 Å². The molecule has 6 aromatic carbocycles. The molecule has 0 radical (unpaired) electrons. The van der Waals surface area contributed by atoms with E-state index in [-0.39, 0.29) is 70.6 Å². The summed E-state index contributed by atoms with van der Waals surface area (Å²) >= 11 is 19.4. The van der Waals surface area contributed by atoms with Gasteiger partial charge in [-0.05, 0) is 392 Å². The molecule has 6 aliphatic carbocycles. The van der Waals surface area contributed by atoms with Crippen molar-refractivity contribution < 1.29 is 82.3 Å². The number of hydrogen-bond donors (Lipinski definition) is 3. The number of halogens is 3. The number of benzene rings is 6. The third-order valence-electron chi connectivity index (χ3n) is 39.5. The quantitative estimate of drug-likeness (QED) is 0.140. The SMILES string of the molecule is C[C@@H]1[C@@H](C)CCC[C@@H](C2OCC(N3CCC3)CO2)[C@@H]2CC[C@H]2CN2C[C@@]3(CCCc4cc(Cl)ccc43)COc3ccc(cc32)C(=O)NS1(=O)=O.C[C@@H]1[C@@H](C)CCC[C@H](C2OCC(N3CCC3)CO2)[C@@H]2CC[C@H]2CN2C[C@@]3(CCCc4cc(Cl)ccc43)COc3ccc(cc32)C(=O)NS1(=O)=O.C[C@@H]1[C@@H](C)CCC[C@H](C2OCC(N3CCC3)CO2)[C@@H]2CC[C@H]2CN2C[C@@]3(CCCc4cc(Cl)ccc43)COc3ccc(cc32)C(=O)NS1(=O)=O. The second-order valence-electron chi connectivity index (χ2n) is 48.4. The molecule has 12 heterocycles. The molecule has 6 bridgehead atoms. The lowest BCUT2D eigenvalue weighted by Crippen LogP contribution is -2.55. The third kappa shape index (κ3) is 22.1. The molecular weight excluding hydrogens is 2020 g/mol. The predicted molar refractivity (Wildman–Crippen MR) is 583 cm³/mol. The predicted octanol–water partition coefficient (Wildman–Crippen LogP) is 18.5. The van der Waals surface area contributed by atoms with Gasteiger partial charge in [0.15, 0.2) is 18.9 Å². The van der Waals surface area contributed by atoms with E-state index in [1.165, 1.54) is 52.6 Å². The molecule has 18 aliphatic rings. The monoisotopic (exact) mass is 2180 g/mol. The van der Waals surface area contributed by atoms with Crippen molar-refractivity contribution in [1.29, 1.82) is 0 Å². The molecule has 12 aliphatic heterocycles. The Balaban J connectivity index is 0.000000127. The average Bonchev–Trinajstić information content (AvgIpc) is 1.38. The lowest BCUT2D eigenvalue weighted by atomic mass is 9.64. The molecule has 24 rings (SSSR count). The van der Waals surface area contributed by atoms with E-state index in [0.717, 1.165) is 282 Å². The van der Waals surface area contributed by atoms with Crippen molar-refractivity contribution in [3.63, 3.8) is 0 Å². The van der Waals surface area contributed by atoms with Crippen LogP contribution in [0.25, 0.3) is 0 Å². The van der Waals surface area contributed by atoms with Crippen molar-refractivity contribution in [2.45, 2.75) is 284 Å². The molecule has 150 heavy (non-hydrogen) atoms. The van der Waals surface area contributed by atoms with Crippen LogP contribution in [0.5, 0.6) is 17.2 Å². The number of amides is 3. The fourth-order valence-electron chi connectivity index (χ4n) is 28.9. The van der Waals surface area contributed by atoms with Gasteiger partial charge in [0.25, 0.3) is 17.7 Å². The van der Waals surface area contributed by atoms with Crippen LogP contribution in [0.1, 0.15) is 260 Å². The first kappa shape index (κ1) is 107. The summed E-state index contributed by atoms with van der Waals surface area (Å²) in [6.45, 7) is 28.3. The number of aryl methyl sites for hydroxylation is 3. The highest BCUT2D eigenvalue weighted by Crippen LogP contribution is 2.56. The van der Waals surface area contributed by atoms with Gasteiger partial charge in [0, 0.05) is 105 Å². The van der Waals surface area contributed by atoms with Gasteiger partial charge in [0.2, 0.25) is 30.1 Å². The summed E-state index contributed by atoms with van der Waals surface area (Å²) < 4.78 is 148. The van der Waals surface area contributed by atoms with Crippen LogP contribution in [-0.2, 0) is 94.0 Å². The van der Waals surface area contributed by atoms with Crippen molar-refractivity contribution in [2.24, 2.45) is 71.0 Å². The van der Waals surface area contributed by atoms with Gasteiger partial charge in [0.05, 0.1) is 110 Å². The number of fused-ring (bicyclic) bond motifs is 12. The smallest absolute Gasteiger partial charge is 0.264 e. The van der Waals surface area contributed by atoms with E-state index in [0.29, 0.717) is 130 Å². The molecule has 3 spiro atoms. The Morgan fingerprint density at radius 1 is 0.313 bits per heavy atom. The average molecular weight is 2180 g/mol. The second kappa shape index (κ2) is 44.7. The fourth-order valence-corrected chi connectivity index (χ4v) is 33.4. The molecule has 3 amide bonds. The van der Waals surface area contributed by atoms with Crippen molar-refractivity contribution in [3.05, 3.63) is 174 Å². The van der Waals surface area contributed by atoms with E-state index in [2.05, 4.69) is 80.0 Å². The first-order chi connectivity index (χ1) is 72.3. The number of ether oxygens (including phenoxy) is 9. The highest BCUT2D eigenvalue weighted by Gasteiger charge is 2.54. The number of hydrogen-bond acceptors (Lipinski definition) is 24. The fraction of sp³-hybridized carbons (Fsp3) is 0.667. The first-order valence-electron chi connectivity index (χ1n) is 56.8. The van der Waals surface area contributed by atoms with Gasteiger partial charge in [-0.1, -0.05) is 93.0 Å². The molecule has 27 nitrogen and oxygen atoms in total. The molecule has 33 heteroatoms. The topological polar surface area (TPSA) is 292 Å². The second-order valence-corrected chi connectivity index (χ2v) is 55.8. The highest BCUT2D eigenvalue weighted by atomic mass is 35.5. The summed E-state index contributed by atoms with van der Waals surface area (Å²) in [4.78, 5) is 55.5. The molecule has 6 aromatic rings. The molecule has 0 aromatic heterocycles. The lowest BCUT2D eigenvalue weighted by Gasteiger charge is -2.49. The number of nitrogens with one attached hydrogen (secondary N) is 3. The number of nitrogens with zero attached hydrogens (tertiary/aromatic N) is 6. The lowest BCUT2D eigenvalue weighted by molar-refractivity contribution is -0.246. The molecule has 0 unspecified atom stereocenters. The summed E-state index contributed by atoms with van der Waals surface area (Å²) in [7, 11) is -11.7. The molecule has 3 N–H and O–H groups in total. The van der Waals surface area contributed by atoms with Crippen LogP contribution < -0.4 is 43.1 Å². The van der Waals surface area contributed by atoms with Gasteiger partial charge in [-0.15, -0.1) is 0 Å². The molecule has 816 valence electrons. The van der Waals surface area contributed by atoms with Crippen LogP contribution >= 0.6 is 34.8 Å². The van der Waals surface area contributed by atoms with Gasteiger partial charge in [-0.3, -0.25) is 29.1 Å². The number of rotatable bonds is 6. The minimum atomic E-state index is -3.90. The molecule has 6 saturated heterocycles. The van der Waals surface area contributed by atoms with Crippen LogP contribution in [-0.4, -0.2) is 248 Å². The van der Waals surface area contributed by atoms with Crippen LogP contribution in [0.4, 0.5) is 17.1 Å². The number of likely N-dealkylation sites (tertiary alicyclic amines) is 3. The van der Waals surface area contributed by atoms with Crippen LogP contribution in [0, 0.1) is 71.0 Å². The van der Waals surface area contributed by atoms with E-state index in [1.807, 2.05) is 75.4 Å². The zero-order valence-corrected chi connectivity index (χ0v) is 93.1. The van der Waals surface area contributed by atoms with E-state index in [9.17, 15) is 39.6 Å². The Kier molecular flexibility index (Phi) is 31.9. The summed E-state index contributed by atoms with van der Waals surface area (Å²) in [5.74, 6) is 3.33. The maximum Gasteiger partial charge on any atom is 0.264 e. The van der Waals surface area contributed by atoms with Gasteiger partial charge >= 0.3 is 0 Å². The minimum absolute atomic E-state index is 0.115. The van der Waals surface area contributed by atoms with E-state index in [4.69, 9.17) is 77.4 Å². The summed E-state index contributed by atoms with van der Waals surface area (Å²) in [5, 5.41) is 0.122. The van der Waals surface area contributed by atoms with Crippen LogP contribution in [0.15, 0.2) is 109 Å². The van der Waals surface area contributed by atoms with E-state index in [1.54, 1.807) is 39.0 Å². The van der Waals surface area contributed by atoms with Gasteiger partial charge in [-0.2, -0.15) is 0 Å². The Bertz CT molecular complexity index is 5670. The van der Waals surface area contributed by atoms with Gasteiger partial charge < -0.3 is 57.3 Å². The summed E-state index contributed by atoms with van der Waals surface area (Å²) in [6.07, 6.45) is 26.5. The maximum absolute atomic E-state index is 13.6. The minimum Gasteiger partial charge on any atom is -0.490 e. The molecular formula is C117H156Cl3N9O18S3. The van der Waals surface area contributed by atoms with Crippen molar-refractivity contribution in [2.75, 3.05) is 153 Å². The normalized spacial score (nSPS) is 36.1. The van der Waals surface area contributed by atoms with Crippen molar-refractivity contribution >= 4 is 99.7 Å². The number of sulfonamides is 3. The van der Waals surface area contributed by atoms with Crippen molar-refractivity contribution in [1.82, 2.24) is 28.9 Å². The van der Waals surface area contributed by atoms with E-state index >= 15 is 0 Å². The van der Waals surface area contributed by atoms with Gasteiger partial charge in [-0.25, -0.2) is 39.4 Å². The molecule has 3 saturated carbocycles. The van der Waals surface area contributed by atoms with E-state index < -0.39 is 63.5 Å². The zero-order chi connectivity index (χ0) is 104. The largest absolute Gasteiger partial charge is 0.490 e. The standard InChI is InChI=1S/3C39H52ClN3O6S/c3*1-25-6-3-8-33(38-47-21-31(22-48-38)42-16-5-17-42)32-12-9-29(32)20-43-23-39(15-4-7-27-18-30(40)11-13-34(27)39)24-49-36-14-10-28(19-35(36)43)37(44)41-50(45,46)26(25)2/h3*10-11,13-14,18-19,25-26,29,31-33,38H,3-9,12,15-17,20-24H2,1-2H3,(H,41,44)/t25-,26+,29-,31?,32+,33+,38?,39-;2*25-,26+,29-,31?,32+,33-,38?,39-/m000/s1. The zero-order valence-electron chi connectivity index (χ0n) is 88.3. The Morgan fingerprint density at radius 2 is 0.587 bits per heavy atom. The summed E-state index contributed by atoms with van der Waals surface area (Å²) in [5.41, 5.74) is 10.5. The molecule has 9 fully saturated rings. The number of carbonyl (C=O) groups is 3. The van der Waals surface area contributed by atoms with Crippen LogP contribution in [0.3, 0.4) is 0 Å². The highest BCUT2D eigenvalue weighted by molar-refractivity contribution is 7.91. The Morgan fingerprint density at radius 3 is 0.833 bits per heavy atom.